The highest BCUT2D eigenvalue weighted by Crippen LogP contribution is 2.38. The first-order valence-corrected chi connectivity index (χ1v) is 23.6. The lowest BCUT2D eigenvalue weighted by Gasteiger charge is -2.36. The lowest BCUT2D eigenvalue weighted by Crippen LogP contribution is -2.46. The molecule has 328 valence electrons. The third-order valence-electron chi connectivity index (χ3n) is 11.2. The van der Waals surface area contributed by atoms with Crippen molar-refractivity contribution >= 4 is 67.8 Å². The van der Waals surface area contributed by atoms with Crippen molar-refractivity contribution in [2.75, 3.05) is 60.0 Å². The summed E-state index contributed by atoms with van der Waals surface area (Å²) in [7, 11) is -4.51. The number of alkyl halides is 3. The summed E-state index contributed by atoms with van der Waals surface area (Å²) in [5.74, 6) is 0.453. The monoisotopic (exact) mass is 912 g/mol. The maximum atomic E-state index is 14.8. The molecule has 0 spiro atoms. The minimum absolute atomic E-state index is 0.0295. The predicted octanol–water partition coefficient (Wildman–Crippen LogP) is 10.2. The summed E-state index contributed by atoms with van der Waals surface area (Å²) in [4.78, 5) is 20.3. The third kappa shape index (κ3) is 11.1. The summed E-state index contributed by atoms with van der Waals surface area (Å²) >= 11 is 7.68. The Morgan fingerprint density at radius 1 is 0.873 bits per heavy atom. The minimum Gasteiger partial charge on any atom is -0.381 e. The Morgan fingerprint density at radius 3 is 2.35 bits per heavy atom. The van der Waals surface area contributed by atoms with Crippen LogP contribution in [0.5, 0.6) is 0 Å². The second-order valence-electron chi connectivity index (χ2n) is 16.4. The van der Waals surface area contributed by atoms with Gasteiger partial charge >= 0.3 is 6.18 Å². The molecule has 2 N–H and O–H groups in total. The Hall–Kier alpha value is -5.35. The SMILES string of the molecule is CC1(C)CN(CC[C@H](CSc2ccccc2)Nc2ccc(S(=O)(=O)Nc3ncnc4cc(N5CCN(Cc6ccccc6-c6ccc(Cl)cc6)CC5)ccc34)cc2C(F)(F)F)C=N1. The van der Waals surface area contributed by atoms with E-state index >= 15 is 0 Å². The van der Waals surface area contributed by atoms with Crippen LogP contribution in [0.4, 0.5) is 30.4 Å². The van der Waals surface area contributed by atoms with Gasteiger partial charge in [-0.15, -0.1) is 11.8 Å². The number of thioether (sulfide) groups is 1. The highest BCUT2D eigenvalue weighted by atomic mass is 35.5. The molecule has 2 aliphatic rings. The van der Waals surface area contributed by atoms with Gasteiger partial charge in [0.1, 0.15) is 6.33 Å². The van der Waals surface area contributed by atoms with Crippen LogP contribution in [-0.4, -0.2) is 91.1 Å². The Morgan fingerprint density at radius 2 is 1.62 bits per heavy atom. The number of piperazine rings is 1. The lowest BCUT2D eigenvalue weighted by atomic mass is 9.99. The number of anilines is 3. The first-order valence-electron chi connectivity index (χ1n) is 20.7. The van der Waals surface area contributed by atoms with Crippen LogP contribution >= 0.6 is 23.4 Å². The molecular weight excluding hydrogens is 865 g/mol. The number of rotatable bonds is 15. The van der Waals surface area contributed by atoms with E-state index in [1.54, 1.807) is 24.2 Å². The van der Waals surface area contributed by atoms with Gasteiger partial charge in [0.15, 0.2) is 5.82 Å². The normalized spacial score (nSPS) is 16.1. The van der Waals surface area contributed by atoms with Gasteiger partial charge in [0.2, 0.25) is 0 Å². The zero-order valence-corrected chi connectivity index (χ0v) is 37.3. The van der Waals surface area contributed by atoms with Crippen LogP contribution in [0.2, 0.25) is 5.02 Å². The molecule has 0 saturated carbocycles. The van der Waals surface area contributed by atoms with Gasteiger partial charge in [-0.3, -0.25) is 14.6 Å². The van der Waals surface area contributed by atoms with Gasteiger partial charge in [-0.2, -0.15) is 13.2 Å². The Labute approximate surface area is 375 Å². The number of aromatic nitrogens is 2. The van der Waals surface area contributed by atoms with Crippen molar-refractivity contribution in [2.24, 2.45) is 4.99 Å². The van der Waals surface area contributed by atoms with E-state index in [-0.39, 0.29) is 23.1 Å². The first-order chi connectivity index (χ1) is 30.2. The molecule has 0 aliphatic carbocycles. The summed E-state index contributed by atoms with van der Waals surface area (Å²) in [6.07, 6.45) is -1.28. The molecule has 6 aromatic rings. The number of hydrogen-bond donors (Lipinski definition) is 2. The summed E-state index contributed by atoms with van der Waals surface area (Å²) in [5.41, 5.74) is 3.45. The van der Waals surface area contributed by atoms with Gasteiger partial charge in [0.25, 0.3) is 10.0 Å². The average molecular weight is 914 g/mol. The molecule has 0 bridgehead atoms. The van der Waals surface area contributed by atoms with Crippen molar-refractivity contribution in [3.8, 4) is 11.1 Å². The van der Waals surface area contributed by atoms with Crippen LogP contribution in [0.15, 0.2) is 136 Å². The van der Waals surface area contributed by atoms with Crippen molar-refractivity contribution in [3.63, 3.8) is 0 Å². The topological polar surface area (TPSA) is 106 Å². The van der Waals surface area contributed by atoms with Gasteiger partial charge in [-0.25, -0.2) is 18.4 Å². The van der Waals surface area contributed by atoms with Gasteiger partial charge in [-0.1, -0.05) is 66.2 Å². The van der Waals surface area contributed by atoms with Gasteiger partial charge in [0, 0.05) is 84.3 Å². The minimum atomic E-state index is -4.85. The number of aliphatic imine (C=N–C) groups is 1. The van der Waals surface area contributed by atoms with Crippen LogP contribution in [0, 0.1) is 0 Å². The summed E-state index contributed by atoms with van der Waals surface area (Å²) in [6.45, 7) is 9.35. The fourth-order valence-electron chi connectivity index (χ4n) is 7.94. The fourth-order valence-corrected chi connectivity index (χ4v) is 10.1. The van der Waals surface area contributed by atoms with Gasteiger partial charge in [0.05, 0.1) is 27.9 Å². The van der Waals surface area contributed by atoms with Gasteiger partial charge in [-0.05, 0) is 97.6 Å². The van der Waals surface area contributed by atoms with E-state index in [9.17, 15) is 21.6 Å². The quantitative estimate of drug-likeness (QED) is 0.0975. The molecule has 0 amide bonds. The van der Waals surface area contributed by atoms with Crippen LogP contribution in [0.25, 0.3) is 22.0 Å². The summed E-state index contributed by atoms with van der Waals surface area (Å²) in [6, 6.07) is 34.1. The number of nitrogens with one attached hydrogen (secondary N) is 2. The van der Waals surface area contributed by atoms with Gasteiger partial charge < -0.3 is 15.1 Å². The van der Waals surface area contributed by atoms with Crippen molar-refractivity contribution in [1.82, 2.24) is 19.8 Å². The van der Waals surface area contributed by atoms with Crippen LogP contribution < -0.4 is 14.9 Å². The largest absolute Gasteiger partial charge is 0.418 e. The van der Waals surface area contributed by atoms with E-state index in [0.29, 0.717) is 47.3 Å². The Kier molecular flexibility index (Phi) is 13.2. The van der Waals surface area contributed by atoms with Crippen molar-refractivity contribution in [2.45, 2.75) is 54.4 Å². The number of halogens is 4. The molecule has 0 unspecified atom stereocenters. The molecule has 1 fully saturated rings. The van der Waals surface area contributed by atoms with Crippen LogP contribution in [-0.2, 0) is 22.7 Å². The lowest BCUT2D eigenvalue weighted by molar-refractivity contribution is -0.137. The first kappa shape index (κ1) is 44.3. The molecule has 3 heterocycles. The van der Waals surface area contributed by atoms with Crippen LogP contribution in [0.1, 0.15) is 31.4 Å². The average Bonchev–Trinajstić information content (AvgIpc) is 3.63. The molecular formula is C47H48ClF3N8O2S2. The zero-order chi connectivity index (χ0) is 44.2. The maximum Gasteiger partial charge on any atom is 0.418 e. The van der Waals surface area contributed by atoms with E-state index in [1.165, 1.54) is 29.6 Å². The molecule has 8 rings (SSSR count). The molecule has 1 aromatic heterocycles. The standard InChI is InChI=1S/C47H48ClF3N8O2S2/c1-46(2)30-58(32-54-46)21-20-36(29-62-38-9-4-3-5-10-38)55-43-19-17-39(27-42(43)47(49,50)51)63(60,61)56-45-41-18-16-37(26-44(41)52-31-53-45)59-24-22-57(23-25-59)28-34-8-6-7-11-40(34)33-12-14-35(48)15-13-33/h3-19,26-27,31-32,36,55H,20-25,28-30H2,1-2H3,(H,52,53,56)/t36-/m1/s1. The molecule has 1 atom stereocenters. The molecule has 5 aromatic carbocycles. The molecule has 63 heavy (non-hydrogen) atoms. The Balaban J connectivity index is 0.949. The van der Waals surface area contributed by atoms with E-state index in [4.69, 9.17) is 11.6 Å². The predicted molar refractivity (Wildman–Crippen MR) is 250 cm³/mol. The molecule has 0 radical (unpaired) electrons. The number of fused-ring (bicyclic) bond motifs is 1. The van der Waals surface area contributed by atoms with E-state index in [2.05, 4.69) is 57.9 Å². The summed E-state index contributed by atoms with van der Waals surface area (Å²) < 4.78 is 74.3. The fraction of sp³-hybridized carbons (Fsp3) is 0.298. The smallest absolute Gasteiger partial charge is 0.381 e. The summed E-state index contributed by atoms with van der Waals surface area (Å²) in [5, 5.41) is 4.24. The van der Waals surface area contributed by atoms with E-state index in [1.807, 2.05) is 86.6 Å². The molecule has 1 saturated heterocycles. The second-order valence-corrected chi connectivity index (χ2v) is 19.7. The second kappa shape index (κ2) is 18.8. The van der Waals surface area contributed by atoms with Crippen molar-refractivity contribution < 1.29 is 21.6 Å². The Bertz CT molecular complexity index is 2680. The molecule has 16 heteroatoms. The van der Waals surface area contributed by atoms with Crippen LogP contribution in [0.3, 0.4) is 0 Å². The highest BCUT2D eigenvalue weighted by Gasteiger charge is 2.36. The van der Waals surface area contributed by atoms with Crippen molar-refractivity contribution in [3.05, 3.63) is 138 Å². The van der Waals surface area contributed by atoms with E-state index < -0.39 is 26.7 Å². The number of benzene rings is 5. The number of sulfonamides is 1. The number of hydrogen-bond acceptors (Lipinski definition) is 10. The number of nitrogens with zero attached hydrogens (tertiary/aromatic N) is 6. The maximum absolute atomic E-state index is 14.8. The van der Waals surface area contributed by atoms with E-state index in [0.717, 1.165) is 48.9 Å². The van der Waals surface area contributed by atoms with Crippen molar-refractivity contribution in [1.29, 1.82) is 0 Å². The third-order valence-corrected chi connectivity index (χ3v) is 14.0. The molecule has 10 nitrogen and oxygen atoms in total. The zero-order valence-electron chi connectivity index (χ0n) is 34.9. The molecule has 2 aliphatic heterocycles. The highest BCUT2D eigenvalue weighted by molar-refractivity contribution is 7.99.